The summed E-state index contributed by atoms with van der Waals surface area (Å²) in [7, 11) is 0. The zero-order chi connectivity index (χ0) is 19.7. The van der Waals surface area contributed by atoms with Crippen molar-refractivity contribution in [2.45, 2.75) is 37.0 Å². The van der Waals surface area contributed by atoms with Gasteiger partial charge in [-0.05, 0) is 35.9 Å². The smallest absolute Gasteiger partial charge is 0.232 e. The molecular formula is C22H23N3O2S. The number of amides is 1. The van der Waals surface area contributed by atoms with Gasteiger partial charge >= 0.3 is 0 Å². The third kappa shape index (κ3) is 3.69. The maximum Gasteiger partial charge on any atom is 0.232 e. The molecule has 0 N–H and O–H groups in total. The number of hydrogen-bond acceptors (Lipinski definition) is 5. The van der Waals surface area contributed by atoms with Gasteiger partial charge in [-0.1, -0.05) is 49.3 Å². The van der Waals surface area contributed by atoms with E-state index < -0.39 is 0 Å². The highest BCUT2D eigenvalue weighted by molar-refractivity contribution is 7.98. The molecule has 1 unspecified atom stereocenters. The lowest BCUT2D eigenvalue weighted by Crippen LogP contribution is -2.24. The van der Waals surface area contributed by atoms with Gasteiger partial charge in [-0.25, -0.2) is 0 Å². The van der Waals surface area contributed by atoms with Crippen LogP contribution in [0.5, 0.6) is 0 Å². The third-order valence-electron chi connectivity index (χ3n) is 5.12. The fourth-order valence-electron chi connectivity index (χ4n) is 3.44. The van der Waals surface area contributed by atoms with Crippen LogP contribution in [0.2, 0.25) is 0 Å². The first-order valence-electron chi connectivity index (χ1n) is 9.43. The fraction of sp³-hybridized carbons (Fsp3) is 0.318. The van der Waals surface area contributed by atoms with Gasteiger partial charge in [0.15, 0.2) is 0 Å². The third-order valence-corrected chi connectivity index (χ3v) is 5.84. The minimum absolute atomic E-state index is 0.0818. The van der Waals surface area contributed by atoms with Crippen molar-refractivity contribution in [2.24, 2.45) is 0 Å². The minimum atomic E-state index is -0.0818. The van der Waals surface area contributed by atoms with E-state index in [0.29, 0.717) is 30.6 Å². The standard InChI is InChI=1S/C22H23N3O2S/c1-14(2)15-7-9-16(10-8-15)21-23-22(27-24-21)17-11-20(26)25(13-17)18-5-4-6-19(12-18)28-3/h4-10,12,14,17H,11,13H2,1-3H3. The maximum absolute atomic E-state index is 12.6. The Morgan fingerprint density at radius 3 is 2.68 bits per heavy atom. The van der Waals surface area contributed by atoms with Crippen LogP contribution in [0.1, 0.15) is 43.6 Å². The molecule has 0 bridgehead atoms. The molecule has 2 aromatic carbocycles. The van der Waals surface area contributed by atoms with Crippen molar-refractivity contribution in [3.8, 4) is 11.4 Å². The van der Waals surface area contributed by atoms with Gasteiger partial charge in [-0.2, -0.15) is 4.98 Å². The monoisotopic (exact) mass is 393 g/mol. The number of nitrogens with zero attached hydrogens (tertiary/aromatic N) is 3. The summed E-state index contributed by atoms with van der Waals surface area (Å²) in [6.45, 7) is 4.89. The Kier molecular flexibility index (Phi) is 5.22. The van der Waals surface area contributed by atoms with E-state index in [9.17, 15) is 4.79 Å². The van der Waals surface area contributed by atoms with Gasteiger partial charge in [0.05, 0.1) is 5.92 Å². The van der Waals surface area contributed by atoms with Crippen molar-refractivity contribution < 1.29 is 9.32 Å². The van der Waals surface area contributed by atoms with Gasteiger partial charge in [0, 0.05) is 29.1 Å². The van der Waals surface area contributed by atoms with Crippen LogP contribution < -0.4 is 4.90 Å². The molecule has 1 aliphatic rings. The van der Waals surface area contributed by atoms with Gasteiger partial charge in [0.25, 0.3) is 0 Å². The van der Waals surface area contributed by atoms with Gasteiger partial charge in [-0.15, -0.1) is 11.8 Å². The second-order valence-electron chi connectivity index (χ2n) is 7.34. The van der Waals surface area contributed by atoms with Crippen molar-refractivity contribution in [1.29, 1.82) is 0 Å². The van der Waals surface area contributed by atoms with Crippen LogP contribution in [-0.2, 0) is 4.79 Å². The Labute approximate surface area is 169 Å². The zero-order valence-electron chi connectivity index (χ0n) is 16.3. The van der Waals surface area contributed by atoms with E-state index in [0.717, 1.165) is 16.1 Å². The lowest BCUT2D eigenvalue weighted by atomic mass is 10.0. The highest BCUT2D eigenvalue weighted by Gasteiger charge is 2.35. The SMILES string of the molecule is CSc1cccc(N2CC(c3nc(-c4ccc(C(C)C)cc4)no3)CC2=O)c1. The summed E-state index contributed by atoms with van der Waals surface area (Å²) in [6.07, 6.45) is 2.42. The number of hydrogen-bond donors (Lipinski definition) is 0. The summed E-state index contributed by atoms with van der Waals surface area (Å²) < 4.78 is 5.51. The molecule has 3 aromatic rings. The van der Waals surface area contributed by atoms with Gasteiger partial charge in [-0.3, -0.25) is 4.79 Å². The summed E-state index contributed by atoms with van der Waals surface area (Å²) in [4.78, 5) is 20.1. The van der Waals surface area contributed by atoms with Gasteiger partial charge in [0.2, 0.25) is 17.6 Å². The molecule has 28 heavy (non-hydrogen) atoms. The molecule has 144 valence electrons. The highest BCUT2D eigenvalue weighted by Crippen LogP contribution is 2.33. The van der Waals surface area contributed by atoms with Crippen LogP contribution in [-0.4, -0.2) is 28.8 Å². The number of rotatable bonds is 5. The predicted molar refractivity (Wildman–Crippen MR) is 112 cm³/mol. The predicted octanol–water partition coefficient (Wildman–Crippen LogP) is 5.10. The van der Waals surface area contributed by atoms with Gasteiger partial charge in [0.1, 0.15) is 0 Å². The lowest BCUT2D eigenvalue weighted by molar-refractivity contribution is -0.117. The molecular weight excluding hydrogens is 370 g/mol. The summed E-state index contributed by atoms with van der Waals surface area (Å²) in [5.74, 6) is 1.58. The van der Waals surface area contributed by atoms with Gasteiger partial charge < -0.3 is 9.42 Å². The van der Waals surface area contributed by atoms with Crippen LogP contribution in [0.25, 0.3) is 11.4 Å². The number of carbonyl (C=O) groups excluding carboxylic acids is 1. The molecule has 1 fully saturated rings. The largest absolute Gasteiger partial charge is 0.339 e. The average molecular weight is 394 g/mol. The van der Waals surface area contributed by atoms with Crippen LogP contribution in [0.4, 0.5) is 5.69 Å². The molecule has 1 saturated heterocycles. The second-order valence-corrected chi connectivity index (χ2v) is 8.22. The van der Waals surface area contributed by atoms with E-state index >= 15 is 0 Å². The Hall–Kier alpha value is -2.60. The quantitative estimate of drug-likeness (QED) is 0.564. The second kappa shape index (κ2) is 7.80. The van der Waals surface area contributed by atoms with E-state index in [1.165, 1.54) is 5.56 Å². The Morgan fingerprint density at radius 2 is 1.96 bits per heavy atom. The van der Waals surface area contributed by atoms with Crippen LogP contribution in [0.3, 0.4) is 0 Å². The van der Waals surface area contributed by atoms with Crippen molar-refractivity contribution in [3.05, 3.63) is 60.0 Å². The summed E-state index contributed by atoms with van der Waals surface area (Å²) in [6, 6.07) is 16.3. The zero-order valence-corrected chi connectivity index (χ0v) is 17.1. The first kappa shape index (κ1) is 18.7. The summed E-state index contributed by atoms with van der Waals surface area (Å²) in [5.41, 5.74) is 3.12. The van der Waals surface area contributed by atoms with Crippen LogP contribution in [0, 0.1) is 0 Å². The van der Waals surface area contributed by atoms with Crippen molar-refractivity contribution in [1.82, 2.24) is 10.1 Å². The molecule has 1 amide bonds. The van der Waals surface area contributed by atoms with Crippen LogP contribution in [0.15, 0.2) is 57.9 Å². The molecule has 1 aliphatic heterocycles. The number of carbonyl (C=O) groups is 1. The first-order valence-corrected chi connectivity index (χ1v) is 10.7. The average Bonchev–Trinajstić information content (AvgIpc) is 3.35. The molecule has 0 radical (unpaired) electrons. The fourth-order valence-corrected chi connectivity index (χ4v) is 3.89. The molecule has 4 rings (SSSR count). The molecule has 1 atom stereocenters. The molecule has 0 aliphatic carbocycles. The normalized spacial score (nSPS) is 16.9. The Bertz CT molecular complexity index is 981. The van der Waals surface area contributed by atoms with E-state index in [1.807, 2.05) is 47.6 Å². The minimum Gasteiger partial charge on any atom is -0.339 e. The lowest BCUT2D eigenvalue weighted by Gasteiger charge is -2.16. The van der Waals surface area contributed by atoms with Crippen molar-refractivity contribution in [2.75, 3.05) is 17.7 Å². The number of anilines is 1. The molecule has 1 aromatic heterocycles. The van der Waals surface area contributed by atoms with E-state index in [-0.39, 0.29) is 11.8 Å². The Morgan fingerprint density at radius 1 is 1.18 bits per heavy atom. The molecule has 0 spiro atoms. The molecule has 0 saturated carbocycles. The van der Waals surface area contributed by atoms with Crippen molar-refractivity contribution >= 4 is 23.4 Å². The summed E-state index contributed by atoms with van der Waals surface area (Å²) >= 11 is 1.66. The molecule has 6 heteroatoms. The van der Waals surface area contributed by atoms with E-state index in [1.54, 1.807) is 11.8 Å². The number of thioether (sulfide) groups is 1. The number of aromatic nitrogens is 2. The van der Waals surface area contributed by atoms with Crippen molar-refractivity contribution in [3.63, 3.8) is 0 Å². The molecule has 5 nitrogen and oxygen atoms in total. The molecule has 2 heterocycles. The summed E-state index contributed by atoms with van der Waals surface area (Å²) in [5, 5.41) is 4.14. The van der Waals surface area contributed by atoms with E-state index in [4.69, 9.17) is 4.52 Å². The van der Waals surface area contributed by atoms with Crippen LogP contribution >= 0.6 is 11.8 Å². The first-order chi connectivity index (χ1) is 13.5. The van der Waals surface area contributed by atoms with E-state index in [2.05, 4.69) is 36.1 Å². The topological polar surface area (TPSA) is 59.2 Å². The maximum atomic E-state index is 12.6. The Balaban J connectivity index is 1.52. The highest BCUT2D eigenvalue weighted by atomic mass is 32.2. The number of benzene rings is 2.